The highest BCUT2D eigenvalue weighted by Gasteiger charge is 2.47. The molecule has 3 aliphatic rings. The molecule has 0 amide bonds. The lowest BCUT2D eigenvalue weighted by atomic mass is 9.60. The Morgan fingerprint density at radius 3 is 2.72 bits per heavy atom. The fraction of sp³-hybridized carbons (Fsp3) is 0.625. The van der Waals surface area contributed by atoms with E-state index in [1.165, 1.54) is 57.4 Å². The van der Waals surface area contributed by atoms with Crippen LogP contribution in [0.1, 0.15) is 31.2 Å². The van der Waals surface area contributed by atoms with Crippen LogP contribution >= 0.6 is 0 Å². The smallest absolute Gasteiger partial charge is 0.0402 e. The highest BCUT2D eigenvalue weighted by molar-refractivity contribution is 5.59. The number of nitrogens with zero attached hydrogens (tertiary/aromatic N) is 1. The minimum absolute atomic E-state index is 0.702. The molecular weight excluding hydrogens is 220 g/mol. The van der Waals surface area contributed by atoms with Crippen molar-refractivity contribution in [3.8, 4) is 0 Å². The molecule has 1 saturated carbocycles. The van der Waals surface area contributed by atoms with Crippen LogP contribution in [-0.2, 0) is 6.42 Å². The molecule has 1 aliphatic carbocycles. The van der Waals surface area contributed by atoms with Crippen LogP contribution in [0.15, 0.2) is 24.3 Å². The summed E-state index contributed by atoms with van der Waals surface area (Å²) in [5, 5.41) is 3.49. The van der Waals surface area contributed by atoms with Crippen molar-refractivity contribution >= 4 is 5.69 Å². The second-order valence-electron chi connectivity index (χ2n) is 6.38. The Morgan fingerprint density at radius 2 is 1.89 bits per heavy atom. The zero-order valence-corrected chi connectivity index (χ0v) is 11.0. The summed E-state index contributed by atoms with van der Waals surface area (Å²) in [4.78, 5) is 2.68. The largest absolute Gasteiger partial charge is 0.368 e. The second kappa shape index (κ2) is 3.99. The normalized spacial score (nSPS) is 26.1. The summed E-state index contributed by atoms with van der Waals surface area (Å²) in [6.07, 6.45) is 6.92. The van der Waals surface area contributed by atoms with E-state index in [4.69, 9.17) is 0 Å². The van der Waals surface area contributed by atoms with Crippen molar-refractivity contribution in [2.45, 2.75) is 38.1 Å². The van der Waals surface area contributed by atoms with E-state index in [9.17, 15) is 0 Å². The molecule has 96 valence electrons. The predicted molar refractivity (Wildman–Crippen MR) is 75.1 cm³/mol. The Bertz CT molecular complexity index is 440. The topological polar surface area (TPSA) is 15.3 Å². The Hall–Kier alpha value is -1.02. The molecule has 0 radical (unpaired) electrons. The average Bonchev–Trinajstić information content (AvgIpc) is 2.80. The van der Waals surface area contributed by atoms with Gasteiger partial charge in [0, 0.05) is 18.3 Å². The predicted octanol–water partition coefficient (Wildman–Crippen LogP) is 2.58. The van der Waals surface area contributed by atoms with Crippen molar-refractivity contribution in [3.63, 3.8) is 0 Å². The molecule has 2 fully saturated rings. The first-order valence-corrected chi connectivity index (χ1v) is 7.42. The minimum atomic E-state index is 0.702. The molecule has 2 aliphatic heterocycles. The molecule has 2 heteroatoms. The maximum atomic E-state index is 3.49. The zero-order valence-electron chi connectivity index (χ0n) is 11.0. The van der Waals surface area contributed by atoms with Gasteiger partial charge in [-0.05, 0) is 62.2 Å². The number of rotatable bonds is 1. The number of hydrogen-bond donors (Lipinski definition) is 1. The molecule has 0 atom stereocenters. The number of benzene rings is 1. The van der Waals surface area contributed by atoms with Crippen LogP contribution < -0.4 is 10.2 Å². The van der Waals surface area contributed by atoms with Gasteiger partial charge in [-0.3, -0.25) is 0 Å². The van der Waals surface area contributed by atoms with Crippen LogP contribution in [0.2, 0.25) is 0 Å². The van der Waals surface area contributed by atoms with Crippen LogP contribution in [0.3, 0.4) is 0 Å². The van der Waals surface area contributed by atoms with Gasteiger partial charge in [0.05, 0.1) is 0 Å². The van der Waals surface area contributed by atoms with Gasteiger partial charge in [0.1, 0.15) is 0 Å². The summed E-state index contributed by atoms with van der Waals surface area (Å²) in [7, 11) is 0. The average molecular weight is 242 g/mol. The summed E-state index contributed by atoms with van der Waals surface area (Å²) in [6.45, 7) is 3.73. The van der Waals surface area contributed by atoms with E-state index in [-0.39, 0.29) is 0 Å². The van der Waals surface area contributed by atoms with Crippen LogP contribution in [-0.4, -0.2) is 25.7 Å². The molecule has 0 bridgehead atoms. The van der Waals surface area contributed by atoms with Gasteiger partial charge < -0.3 is 10.2 Å². The van der Waals surface area contributed by atoms with Crippen molar-refractivity contribution in [3.05, 3.63) is 29.8 Å². The van der Waals surface area contributed by atoms with E-state index in [2.05, 4.69) is 34.5 Å². The third-order valence-electron chi connectivity index (χ3n) is 5.37. The lowest BCUT2D eigenvalue weighted by Crippen LogP contribution is -2.54. The molecule has 1 aromatic rings. The standard InChI is InChI=1S/C16H22N2/c1-2-4-15-13(3-1)5-10-18(15)14-11-16(12-14)6-8-17-9-7-16/h1-4,14,17H,5-12H2. The van der Waals surface area contributed by atoms with E-state index >= 15 is 0 Å². The maximum absolute atomic E-state index is 3.49. The van der Waals surface area contributed by atoms with E-state index < -0.39 is 0 Å². The highest BCUT2D eigenvalue weighted by Crippen LogP contribution is 2.51. The summed E-state index contributed by atoms with van der Waals surface area (Å²) < 4.78 is 0. The summed E-state index contributed by atoms with van der Waals surface area (Å²) in [6, 6.07) is 9.81. The maximum Gasteiger partial charge on any atom is 0.0402 e. The lowest BCUT2D eigenvalue weighted by molar-refractivity contribution is 0.0598. The number of hydrogen-bond acceptors (Lipinski definition) is 2. The molecule has 4 rings (SSSR count). The van der Waals surface area contributed by atoms with Gasteiger partial charge in [-0.2, -0.15) is 0 Å². The summed E-state index contributed by atoms with van der Waals surface area (Å²) >= 11 is 0. The Balaban J connectivity index is 1.48. The fourth-order valence-electron chi connectivity index (χ4n) is 4.27. The minimum Gasteiger partial charge on any atom is -0.368 e. The number of anilines is 1. The van der Waals surface area contributed by atoms with Crippen molar-refractivity contribution in [2.24, 2.45) is 5.41 Å². The Kier molecular flexibility index (Phi) is 2.41. The van der Waals surface area contributed by atoms with Gasteiger partial charge in [-0.1, -0.05) is 18.2 Å². The van der Waals surface area contributed by atoms with E-state index in [0.717, 1.165) is 6.04 Å². The molecule has 0 unspecified atom stereocenters. The number of para-hydroxylation sites is 1. The SMILES string of the molecule is c1ccc2c(c1)CCN2C1CC2(CCNCC2)C1. The number of nitrogens with one attached hydrogen (secondary N) is 1. The molecule has 1 saturated heterocycles. The Morgan fingerprint density at radius 1 is 1.11 bits per heavy atom. The van der Waals surface area contributed by atoms with Gasteiger partial charge >= 0.3 is 0 Å². The van der Waals surface area contributed by atoms with Gasteiger partial charge in [0.15, 0.2) is 0 Å². The monoisotopic (exact) mass is 242 g/mol. The third kappa shape index (κ3) is 1.58. The summed E-state index contributed by atoms with van der Waals surface area (Å²) in [5.74, 6) is 0. The molecular formula is C16H22N2. The van der Waals surface area contributed by atoms with Crippen LogP contribution in [0, 0.1) is 5.41 Å². The highest BCUT2D eigenvalue weighted by atomic mass is 15.2. The van der Waals surface area contributed by atoms with Crippen LogP contribution in [0.4, 0.5) is 5.69 Å². The lowest BCUT2D eigenvalue weighted by Gasteiger charge is -2.54. The molecule has 2 nitrogen and oxygen atoms in total. The van der Waals surface area contributed by atoms with Crippen molar-refractivity contribution in [1.82, 2.24) is 5.32 Å². The third-order valence-corrected chi connectivity index (χ3v) is 5.37. The quantitative estimate of drug-likeness (QED) is 0.814. The van der Waals surface area contributed by atoms with E-state index in [1.54, 1.807) is 5.56 Å². The molecule has 0 aromatic heterocycles. The Labute approximate surface area is 109 Å². The first-order chi connectivity index (χ1) is 8.86. The number of fused-ring (bicyclic) bond motifs is 1. The first-order valence-electron chi connectivity index (χ1n) is 7.42. The van der Waals surface area contributed by atoms with Crippen LogP contribution in [0.25, 0.3) is 0 Å². The van der Waals surface area contributed by atoms with Gasteiger partial charge in [-0.25, -0.2) is 0 Å². The van der Waals surface area contributed by atoms with Gasteiger partial charge in [0.2, 0.25) is 0 Å². The van der Waals surface area contributed by atoms with Crippen molar-refractivity contribution < 1.29 is 0 Å². The molecule has 1 N–H and O–H groups in total. The van der Waals surface area contributed by atoms with Gasteiger partial charge in [0.25, 0.3) is 0 Å². The first kappa shape index (κ1) is 10.9. The molecule has 18 heavy (non-hydrogen) atoms. The van der Waals surface area contributed by atoms with Crippen molar-refractivity contribution in [2.75, 3.05) is 24.5 Å². The number of piperidine rings is 1. The van der Waals surface area contributed by atoms with E-state index in [0.29, 0.717) is 5.41 Å². The molecule has 1 spiro atoms. The van der Waals surface area contributed by atoms with Gasteiger partial charge in [-0.15, -0.1) is 0 Å². The molecule has 1 aromatic carbocycles. The molecule has 2 heterocycles. The fourth-order valence-corrected chi connectivity index (χ4v) is 4.27. The second-order valence-corrected chi connectivity index (χ2v) is 6.38. The van der Waals surface area contributed by atoms with E-state index in [1.807, 2.05) is 0 Å². The van der Waals surface area contributed by atoms with Crippen molar-refractivity contribution in [1.29, 1.82) is 0 Å². The zero-order chi connectivity index (χ0) is 12.0. The van der Waals surface area contributed by atoms with Crippen LogP contribution in [0.5, 0.6) is 0 Å². The summed E-state index contributed by atoms with van der Waals surface area (Å²) in [5.41, 5.74) is 3.78.